The lowest BCUT2D eigenvalue weighted by atomic mass is 10.1. The Morgan fingerprint density at radius 1 is 0.741 bits per heavy atom. The van der Waals surface area contributed by atoms with Crippen molar-refractivity contribution in [2.75, 3.05) is 39.4 Å². The molecule has 0 fully saturated rings. The second kappa shape index (κ2) is 9.62. The Bertz CT molecular complexity index is 803. The molecule has 5 heteroatoms. The van der Waals surface area contributed by atoms with E-state index in [0.717, 1.165) is 44.2 Å². The minimum absolute atomic E-state index is 0.671. The van der Waals surface area contributed by atoms with Gasteiger partial charge in [-0.1, -0.05) is 13.8 Å². The van der Waals surface area contributed by atoms with Crippen LogP contribution in [0.15, 0.2) is 36.4 Å². The molecule has 3 rings (SSSR count). The lowest BCUT2D eigenvalue weighted by molar-refractivity contribution is 0.315. The first-order valence-corrected chi connectivity index (χ1v) is 10.0. The van der Waals surface area contributed by atoms with Crippen LogP contribution in [0.1, 0.15) is 20.8 Å². The molecule has 0 atom stereocenters. The summed E-state index contributed by atoms with van der Waals surface area (Å²) in [5, 5.41) is 8.99. The maximum Gasteiger partial charge on any atom is 0.120 e. The highest BCUT2D eigenvalue weighted by Gasteiger charge is 2.12. The third-order valence-electron chi connectivity index (χ3n) is 4.72. The molecule has 0 radical (unpaired) electrons. The van der Waals surface area contributed by atoms with Crippen molar-refractivity contribution in [3.8, 4) is 11.5 Å². The van der Waals surface area contributed by atoms with Crippen LogP contribution in [0, 0.1) is 0 Å². The van der Waals surface area contributed by atoms with E-state index in [4.69, 9.17) is 9.47 Å². The molecule has 2 aromatic carbocycles. The van der Waals surface area contributed by atoms with Gasteiger partial charge in [-0.3, -0.25) is 0 Å². The maximum atomic E-state index is 5.92. The average Bonchev–Trinajstić information content (AvgIpc) is 3.01. The van der Waals surface area contributed by atoms with Crippen molar-refractivity contribution >= 4 is 21.8 Å². The number of aromatic nitrogens is 1. The van der Waals surface area contributed by atoms with E-state index < -0.39 is 0 Å². The zero-order chi connectivity index (χ0) is 19.1. The van der Waals surface area contributed by atoms with Crippen molar-refractivity contribution in [1.82, 2.24) is 15.2 Å². The van der Waals surface area contributed by atoms with E-state index in [1.165, 1.54) is 21.8 Å². The number of rotatable bonds is 11. The first-order chi connectivity index (χ1) is 13.3. The van der Waals surface area contributed by atoms with Crippen LogP contribution in [0.4, 0.5) is 0 Å². The van der Waals surface area contributed by atoms with E-state index in [1.54, 1.807) is 0 Å². The van der Waals surface area contributed by atoms with E-state index >= 15 is 0 Å². The predicted octanol–water partition coefficient (Wildman–Crippen LogP) is 3.79. The Morgan fingerprint density at radius 3 is 1.63 bits per heavy atom. The fourth-order valence-corrected chi connectivity index (χ4v) is 3.42. The highest BCUT2D eigenvalue weighted by atomic mass is 16.5. The van der Waals surface area contributed by atoms with Gasteiger partial charge < -0.3 is 24.7 Å². The highest BCUT2D eigenvalue weighted by molar-refractivity contribution is 6.09. The number of benzene rings is 2. The van der Waals surface area contributed by atoms with Gasteiger partial charge in [0.2, 0.25) is 0 Å². The van der Waals surface area contributed by atoms with Crippen molar-refractivity contribution in [2.45, 2.75) is 27.3 Å². The molecule has 0 aliphatic heterocycles. The minimum Gasteiger partial charge on any atom is -0.492 e. The van der Waals surface area contributed by atoms with E-state index in [-0.39, 0.29) is 0 Å². The van der Waals surface area contributed by atoms with Crippen LogP contribution in [0.25, 0.3) is 21.8 Å². The number of nitrogens with zero attached hydrogens (tertiary/aromatic N) is 1. The summed E-state index contributed by atoms with van der Waals surface area (Å²) in [4.78, 5) is 0. The maximum absolute atomic E-state index is 5.92. The molecule has 0 bridgehead atoms. The number of hydrogen-bond acceptors (Lipinski definition) is 4. The van der Waals surface area contributed by atoms with Crippen molar-refractivity contribution in [3.05, 3.63) is 36.4 Å². The number of ether oxygens (including phenoxy) is 2. The van der Waals surface area contributed by atoms with Gasteiger partial charge in [0, 0.05) is 41.4 Å². The third-order valence-corrected chi connectivity index (χ3v) is 4.72. The Morgan fingerprint density at radius 2 is 1.22 bits per heavy atom. The van der Waals surface area contributed by atoms with E-state index in [9.17, 15) is 0 Å². The van der Waals surface area contributed by atoms with Crippen molar-refractivity contribution in [1.29, 1.82) is 0 Å². The van der Waals surface area contributed by atoms with Crippen LogP contribution in [-0.4, -0.2) is 44.0 Å². The first-order valence-electron chi connectivity index (χ1n) is 10.0. The quantitative estimate of drug-likeness (QED) is 0.505. The number of nitrogens with one attached hydrogen (secondary N) is 2. The Kier molecular flexibility index (Phi) is 6.96. The number of hydrogen-bond donors (Lipinski definition) is 2. The summed E-state index contributed by atoms with van der Waals surface area (Å²) in [7, 11) is 0. The zero-order valence-electron chi connectivity index (χ0n) is 16.7. The van der Waals surface area contributed by atoms with Crippen LogP contribution in [0.3, 0.4) is 0 Å². The fourth-order valence-electron chi connectivity index (χ4n) is 3.42. The second-order valence-electron chi connectivity index (χ2n) is 6.51. The van der Waals surface area contributed by atoms with E-state index in [2.05, 4.69) is 72.4 Å². The molecule has 0 unspecified atom stereocenters. The summed E-state index contributed by atoms with van der Waals surface area (Å²) in [5.74, 6) is 1.82. The van der Waals surface area contributed by atoms with Gasteiger partial charge in [-0.05, 0) is 56.4 Å². The van der Waals surface area contributed by atoms with Gasteiger partial charge in [0.25, 0.3) is 0 Å². The van der Waals surface area contributed by atoms with E-state index in [1.807, 2.05) is 0 Å². The average molecular weight is 370 g/mol. The SMILES string of the molecule is CCNCCOc1ccc2c(c1)c1cc(OCCNCC)ccc1n2CC. The molecule has 0 saturated heterocycles. The molecule has 0 amide bonds. The van der Waals surface area contributed by atoms with Crippen LogP contribution in [0.5, 0.6) is 11.5 Å². The molecule has 1 heterocycles. The minimum atomic E-state index is 0.671. The second-order valence-corrected chi connectivity index (χ2v) is 6.51. The third kappa shape index (κ3) is 4.54. The van der Waals surface area contributed by atoms with Crippen LogP contribution in [-0.2, 0) is 6.54 Å². The molecule has 27 heavy (non-hydrogen) atoms. The summed E-state index contributed by atoms with van der Waals surface area (Å²) in [5.41, 5.74) is 2.47. The van der Waals surface area contributed by atoms with Gasteiger partial charge in [-0.25, -0.2) is 0 Å². The summed E-state index contributed by atoms with van der Waals surface area (Å²) >= 11 is 0. The van der Waals surface area contributed by atoms with Crippen molar-refractivity contribution in [3.63, 3.8) is 0 Å². The zero-order valence-corrected chi connectivity index (χ0v) is 16.7. The smallest absolute Gasteiger partial charge is 0.120 e. The summed E-state index contributed by atoms with van der Waals surface area (Å²) < 4.78 is 14.2. The lowest BCUT2D eigenvalue weighted by Crippen LogP contribution is -2.20. The molecule has 5 nitrogen and oxygen atoms in total. The monoisotopic (exact) mass is 369 g/mol. The van der Waals surface area contributed by atoms with Gasteiger partial charge in [0.05, 0.1) is 0 Å². The molecule has 1 aromatic heterocycles. The molecule has 0 spiro atoms. The molecule has 2 N–H and O–H groups in total. The predicted molar refractivity (Wildman–Crippen MR) is 113 cm³/mol. The molecule has 0 aliphatic rings. The molecular weight excluding hydrogens is 338 g/mol. The molecular formula is C22H31N3O2. The Hall–Kier alpha value is -2.24. The number of fused-ring (bicyclic) bond motifs is 3. The largest absolute Gasteiger partial charge is 0.492 e. The van der Waals surface area contributed by atoms with Gasteiger partial charge in [-0.15, -0.1) is 0 Å². The van der Waals surface area contributed by atoms with Crippen molar-refractivity contribution in [2.24, 2.45) is 0 Å². The van der Waals surface area contributed by atoms with Crippen molar-refractivity contribution < 1.29 is 9.47 Å². The highest BCUT2D eigenvalue weighted by Crippen LogP contribution is 2.34. The fraction of sp³-hybridized carbons (Fsp3) is 0.455. The van der Waals surface area contributed by atoms with Gasteiger partial charge >= 0.3 is 0 Å². The summed E-state index contributed by atoms with van der Waals surface area (Å²) in [6.45, 7) is 12.3. The Labute approximate surface area is 161 Å². The molecule has 0 aliphatic carbocycles. The molecule has 0 saturated carbocycles. The van der Waals surface area contributed by atoms with Gasteiger partial charge in [0.1, 0.15) is 24.7 Å². The standard InChI is InChI=1S/C22H31N3O2/c1-4-23-11-13-26-17-7-9-21-19(15-17)20-16-18(27-14-12-24-5-2)8-10-22(20)25(21)6-3/h7-10,15-16,23-24H,4-6,11-14H2,1-3H3. The van der Waals surface area contributed by atoms with E-state index in [0.29, 0.717) is 13.2 Å². The topological polar surface area (TPSA) is 47.4 Å². The number of aryl methyl sites for hydroxylation is 1. The first kappa shape index (κ1) is 19.5. The normalized spacial score (nSPS) is 11.4. The number of likely N-dealkylation sites (N-methyl/N-ethyl adjacent to an activating group) is 2. The molecule has 146 valence electrons. The van der Waals surface area contributed by atoms with Crippen LogP contribution < -0.4 is 20.1 Å². The lowest BCUT2D eigenvalue weighted by Gasteiger charge is -2.07. The van der Waals surface area contributed by atoms with Gasteiger partial charge in [0.15, 0.2) is 0 Å². The summed E-state index contributed by atoms with van der Waals surface area (Å²) in [6.07, 6.45) is 0. The molecule has 3 aromatic rings. The van der Waals surface area contributed by atoms with Crippen LogP contribution >= 0.6 is 0 Å². The Balaban J connectivity index is 1.89. The van der Waals surface area contributed by atoms with Crippen LogP contribution in [0.2, 0.25) is 0 Å². The van der Waals surface area contributed by atoms with Gasteiger partial charge in [-0.2, -0.15) is 0 Å². The summed E-state index contributed by atoms with van der Waals surface area (Å²) in [6, 6.07) is 12.7.